The van der Waals surface area contributed by atoms with Crippen LogP contribution in [0.25, 0.3) is 10.8 Å². The molecule has 1 unspecified atom stereocenters. The van der Waals surface area contributed by atoms with Gasteiger partial charge in [0.25, 0.3) is 11.3 Å². The number of carbonyl (C=O) groups excluding carboxylic acids is 1. The van der Waals surface area contributed by atoms with Crippen molar-refractivity contribution in [2.45, 2.75) is 31.1 Å². The second-order valence-electron chi connectivity index (χ2n) is 14.8. The first-order valence-corrected chi connectivity index (χ1v) is 21.4. The predicted molar refractivity (Wildman–Crippen MR) is 232 cm³/mol. The van der Waals surface area contributed by atoms with Gasteiger partial charge in [-0.25, -0.2) is 22.4 Å². The van der Waals surface area contributed by atoms with Crippen molar-refractivity contribution in [3.8, 4) is 23.0 Å². The zero-order chi connectivity index (χ0) is 42.3. The van der Waals surface area contributed by atoms with Crippen molar-refractivity contribution >= 4 is 66.7 Å². The highest BCUT2D eigenvalue weighted by Crippen LogP contribution is 2.40. The molecule has 0 saturated carbocycles. The summed E-state index contributed by atoms with van der Waals surface area (Å²) in [7, 11) is 0.605. The number of nitrogens with one attached hydrogen (secondary N) is 5. The molecule has 1 atom stereocenters. The number of methoxy groups -OCH3 is 2. The van der Waals surface area contributed by atoms with Gasteiger partial charge in [0.2, 0.25) is 10.0 Å². The number of fused-ring (bicyclic) bond motifs is 1. The van der Waals surface area contributed by atoms with Crippen molar-refractivity contribution < 1.29 is 36.2 Å². The third-order valence-corrected chi connectivity index (χ3v) is 12.1. The summed E-state index contributed by atoms with van der Waals surface area (Å²) in [6, 6.07) is 22.1. The Hall–Kier alpha value is -5.50. The normalized spacial score (nSPS) is 14.1. The van der Waals surface area contributed by atoms with E-state index in [4.69, 9.17) is 14.2 Å². The van der Waals surface area contributed by atoms with Crippen molar-refractivity contribution in [3.05, 3.63) is 90.6 Å². The van der Waals surface area contributed by atoms with E-state index in [9.17, 15) is 22.0 Å². The summed E-state index contributed by atoms with van der Waals surface area (Å²) in [6.45, 7) is 10.5. The molecule has 2 heterocycles. The number of aromatic nitrogens is 1. The first-order valence-electron chi connectivity index (χ1n) is 18.8. The number of nitrogens with zero attached hydrogens (tertiary/aromatic N) is 3. The minimum Gasteiger partial charge on any atom is -0.495 e. The number of urea groups is 1. The second-order valence-corrected chi connectivity index (χ2v) is 17.5. The lowest BCUT2D eigenvalue weighted by Gasteiger charge is -2.29. The lowest BCUT2D eigenvalue weighted by Crippen LogP contribution is -2.46. The Morgan fingerprint density at radius 2 is 1.63 bits per heavy atom. The van der Waals surface area contributed by atoms with Gasteiger partial charge in [-0.1, -0.05) is 45.0 Å². The number of anilines is 5. The van der Waals surface area contributed by atoms with Crippen LogP contribution in [0.1, 0.15) is 26.3 Å². The van der Waals surface area contributed by atoms with Gasteiger partial charge < -0.3 is 35.5 Å². The Morgan fingerprint density at radius 1 is 0.915 bits per heavy atom. The van der Waals surface area contributed by atoms with Gasteiger partial charge >= 0.3 is 6.03 Å². The molecule has 0 spiro atoms. The molecule has 0 aliphatic carbocycles. The van der Waals surface area contributed by atoms with E-state index in [0.29, 0.717) is 52.9 Å². The van der Waals surface area contributed by atoms with Crippen molar-refractivity contribution in [2.75, 3.05) is 81.2 Å². The zero-order valence-electron chi connectivity index (χ0n) is 33.8. The summed E-state index contributed by atoms with van der Waals surface area (Å²) in [4.78, 5) is 20.2. The molecule has 6 rings (SSSR count). The summed E-state index contributed by atoms with van der Waals surface area (Å²) in [6.07, 6.45) is 1.59. The van der Waals surface area contributed by atoms with Crippen LogP contribution in [-0.4, -0.2) is 97.9 Å². The number of amides is 2. The molecule has 1 aliphatic heterocycles. The monoisotopic (exact) mass is 846 g/mol. The van der Waals surface area contributed by atoms with Crippen LogP contribution < -0.4 is 40.2 Å². The van der Waals surface area contributed by atoms with Gasteiger partial charge in [0, 0.05) is 81.1 Å². The van der Waals surface area contributed by atoms with E-state index in [1.165, 1.54) is 24.6 Å². The van der Waals surface area contributed by atoms with Crippen LogP contribution in [0, 0.1) is 0 Å². The van der Waals surface area contributed by atoms with Gasteiger partial charge in [0.15, 0.2) is 5.75 Å². The van der Waals surface area contributed by atoms with Crippen LogP contribution in [0.3, 0.4) is 0 Å². The number of likely N-dealkylation sites (N-methyl/N-ethyl adjacent to an activating group) is 1. The highest BCUT2D eigenvalue weighted by molar-refractivity contribution is 7.89. The highest BCUT2D eigenvalue weighted by Gasteiger charge is 2.26. The second kappa shape index (κ2) is 18.6. The van der Waals surface area contributed by atoms with Crippen LogP contribution in [0.4, 0.5) is 33.4 Å². The first kappa shape index (κ1) is 43.1. The molecule has 1 saturated heterocycles. The van der Waals surface area contributed by atoms with E-state index in [2.05, 4.69) is 35.9 Å². The van der Waals surface area contributed by atoms with Crippen LogP contribution in [0.5, 0.6) is 23.0 Å². The zero-order valence-corrected chi connectivity index (χ0v) is 35.4. The quantitative estimate of drug-likeness (QED) is 0.0604. The molecule has 6 N–H and O–H groups in total. The molecule has 1 aliphatic rings. The lowest BCUT2D eigenvalue weighted by atomic mass is 9.86. The molecule has 1 fully saturated rings. The van der Waals surface area contributed by atoms with E-state index in [-0.39, 0.29) is 27.5 Å². The molecule has 59 heavy (non-hydrogen) atoms. The van der Waals surface area contributed by atoms with Gasteiger partial charge in [-0.2, -0.15) is 4.31 Å². The predicted octanol–water partition coefficient (Wildman–Crippen LogP) is 6.80. The van der Waals surface area contributed by atoms with Gasteiger partial charge in [-0.3, -0.25) is 14.2 Å². The third-order valence-electron chi connectivity index (χ3n) is 9.76. The number of piperazine rings is 1. The van der Waals surface area contributed by atoms with E-state index in [0.717, 1.165) is 37.1 Å². The molecule has 18 heteroatoms. The Morgan fingerprint density at radius 3 is 2.32 bits per heavy atom. The van der Waals surface area contributed by atoms with Gasteiger partial charge in [-0.15, -0.1) is 0 Å². The van der Waals surface area contributed by atoms with Crippen LogP contribution >= 0.6 is 0 Å². The van der Waals surface area contributed by atoms with E-state index < -0.39 is 27.3 Å². The molecular formula is C41H50N8O8S2. The lowest BCUT2D eigenvalue weighted by molar-refractivity contribution is 0.229. The topological polar surface area (TPSA) is 196 Å². The molecular weight excluding hydrogens is 797 g/mol. The Bertz CT molecular complexity index is 2440. The number of benzene rings is 4. The fraction of sp³-hybridized carbons (Fsp3) is 0.317. The maximum atomic E-state index is 13.5. The average Bonchev–Trinajstić information content (AvgIpc) is 3.20. The summed E-state index contributed by atoms with van der Waals surface area (Å²) in [5.74, 6) is 1.83. The highest BCUT2D eigenvalue weighted by atomic mass is 32.2. The van der Waals surface area contributed by atoms with E-state index in [1.807, 2.05) is 45.0 Å². The third kappa shape index (κ3) is 10.6. The number of ether oxygens (including phenoxy) is 3. The average molecular weight is 847 g/mol. The van der Waals surface area contributed by atoms with Crippen molar-refractivity contribution in [1.29, 1.82) is 0 Å². The molecule has 1 aromatic heterocycles. The van der Waals surface area contributed by atoms with E-state index in [1.54, 1.807) is 61.8 Å². The van der Waals surface area contributed by atoms with Gasteiger partial charge in [-0.05, 0) is 53.4 Å². The summed E-state index contributed by atoms with van der Waals surface area (Å²) < 4.78 is 69.5. The molecule has 0 bridgehead atoms. The molecule has 0 radical (unpaired) electrons. The summed E-state index contributed by atoms with van der Waals surface area (Å²) >= 11 is -2.37. The Labute approximate surface area is 347 Å². The number of sulfonamides is 1. The first-order chi connectivity index (χ1) is 28.2. The van der Waals surface area contributed by atoms with Crippen LogP contribution in [-0.2, 0) is 26.7 Å². The van der Waals surface area contributed by atoms with Crippen molar-refractivity contribution in [3.63, 3.8) is 0 Å². The van der Waals surface area contributed by atoms with Crippen molar-refractivity contribution in [2.24, 2.45) is 0 Å². The van der Waals surface area contributed by atoms with E-state index >= 15 is 0 Å². The Kier molecular flexibility index (Phi) is 13.6. The number of hydrogen-bond donors (Lipinski definition) is 6. The summed E-state index contributed by atoms with van der Waals surface area (Å²) in [5.41, 5.74) is 2.07. The molecule has 2 amide bonds. The van der Waals surface area contributed by atoms with Crippen LogP contribution in [0.2, 0.25) is 0 Å². The minimum absolute atomic E-state index is 0.0680. The number of pyridine rings is 1. The van der Waals surface area contributed by atoms with Gasteiger partial charge in [0.05, 0.1) is 31.3 Å². The maximum absolute atomic E-state index is 13.5. The number of carbonyl (C=O) groups is 1. The SMILES string of the molecule is COc1cc(Nc2cc(Oc3ccc(NC(=O)Nc4cc(C(C)(C)C)cc(NS(=O)O)c4OC)c4ccccc34)ccn2)ccc1S(=O)(=O)N(C)CCN1CCNCC1. The molecule has 5 aromatic rings. The van der Waals surface area contributed by atoms with Gasteiger partial charge in [0.1, 0.15) is 28.0 Å². The molecule has 16 nitrogen and oxygen atoms in total. The fourth-order valence-corrected chi connectivity index (χ4v) is 8.21. The fourth-order valence-electron chi connectivity index (χ4n) is 6.57. The molecule has 4 aromatic carbocycles. The number of hydrogen-bond acceptors (Lipinski definition) is 11. The largest absolute Gasteiger partial charge is 0.495 e. The smallest absolute Gasteiger partial charge is 0.323 e. The standard InChI is InChI=1S/C41H50N8O8S2/c1-41(2,3)27-23-33(39(56-6)34(24-27)47-58(51)52)46-40(50)45-32-12-13-35(31-10-8-7-9-30(31)32)57-29-15-16-43-38(26-29)44-28-11-14-37(36(25-28)55-5)59(53,54)48(4)21-22-49-19-17-42-18-20-49/h7-16,23-26,42,47H,17-22H2,1-6H3,(H,43,44)(H,51,52)(H2,45,46,50). The van der Waals surface area contributed by atoms with Crippen molar-refractivity contribution in [1.82, 2.24) is 19.5 Å². The molecule has 314 valence electrons. The minimum atomic E-state index is -3.82. The Balaban J connectivity index is 1.17. The maximum Gasteiger partial charge on any atom is 0.323 e. The summed E-state index contributed by atoms with van der Waals surface area (Å²) in [5, 5.41) is 13.7. The number of rotatable bonds is 15. The van der Waals surface area contributed by atoms with Crippen LogP contribution in [0.15, 0.2) is 90.0 Å².